The van der Waals surface area contributed by atoms with Crippen molar-refractivity contribution < 1.29 is 4.79 Å². The molecule has 1 heterocycles. The molecule has 0 radical (unpaired) electrons. The van der Waals surface area contributed by atoms with Crippen LogP contribution in [0.4, 0.5) is 5.82 Å². The molecule has 4 fully saturated rings. The lowest BCUT2D eigenvalue weighted by atomic mass is 9.49. The van der Waals surface area contributed by atoms with Crippen LogP contribution >= 0.6 is 0 Å². The number of benzene rings is 1. The maximum absolute atomic E-state index is 13.0. The second-order valence-electron chi connectivity index (χ2n) is 9.93. The lowest BCUT2D eigenvalue weighted by molar-refractivity contribution is -0.146. The summed E-state index contributed by atoms with van der Waals surface area (Å²) in [6.07, 6.45) is 8.21. The molecular weight excluding hydrogens is 372 g/mol. The Labute approximate surface area is 178 Å². The molecule has 0 aliphatic heterocycles. The van der Waals surface area contributed by atoms with E-state index in [-0.39, 0.29) is 5.41 Å². The zero-order valence-electron chi connectivity index (χ0n) is 17.7. The Hall–Kier alpha value is -2.61. The molecule has 1 aromatic carbocycles. The highest BCUT2D eigenvalue weighted by Gasteiger charge is 2.54. The number of anilines is 1. The monoisotopic (exact) mass is 402 g/mol. The summed E-state index contributed by atoms with van der Waals surface area (Å²) in [6, 6.07) is 10.2. The minimum atomic E-state index is -0.0752. The Balaban J connectivity index is 1.15. The van der Waals surface area contributed by atoms with E-state index in [0.717, 1.165) is 59.9 Å². The van der Waals surface area contributed by atoms with Crippen LogP contribution in [0.3, 0.4) is 0 Å². The van der Waals surface area contributed by atoms with Gasteiger partial charge >= 0.3 is 0 Å². The fourth-order valence-corrected chi connectivity index (χ4v) is 6.59. The molecule has 4 saturated carbocycles. The van der Waals surface area contributed by atoms with Crippen molar-refractivity contribution in [2.24, 2.45) is 23.2 Å². The van der Waals surface area contributed by atoms with Crippen molar-refractivity contribution in [3.63, 3.8) is 0 Å². The number of carbonyl (C=O) groups is 1. The number of rotatable bonds is 6. The first kappa shape index (κ1) is 19.4. The third-order valence-corrected chi connectivity index (χ3v) is 7.54. The summed E-state index contributed by atoms with van der Waals surface area (Å²) < 4.78 is 0. The van der Waals surface area contributed by atoms with Gasteiger partial charge in [0.2, 0.25) is 5.91 Å². The number of nitriles is 1. The van der Waals surface area contributed by atoms with Gasteiger partial charge in [0.25, 0.3) is 0 Å². The van der Waals surface area contributed by atoms with Gasteiger partial charge in [-0.3, -0.25) is 4.79 Å². The van der Waals surface area contributed by atoms with Crippen LogP contribution in [0.1, 0.15) is 56.1 Å². The van der Waals surface area contributed by atoms with Crippen molar-refractivity contribution in [1.82, 2.24) is 10.3 Å². The van der Waals surface area contributed by atoms with E-state index in [9.17, 15) is 10.1 Å². The van der Waals surface area contributed by atoms with E-state index >= 15 is 0 Å². The van der Waals surface area contributed by atoms with E-state index in [2.05, 4.69) is 21.7 Å². The van der Waals surface area contributed by atoms with Gasteiger partial charge in [-0.25, -0.2) is 4.98 Å². The summed E-state index contributed by atoms with van der Waals surface area (Å²) >= 11 is 0. The molecule has 5 heteroatoms. The molecule has 0 saturated heterocycles. The average Bonchev–Trinajstić information content (AvgIpc) is 2.71. The first-order chi connectivity index (χ1) is 14.5. The summed E-state index contributed by atoms with van der Waals surface area (Å²) in [5, 5.41) is 17.0. The maximum atomic E-state index is 13.0. The first-order valence-electron chi connectivity index (χ1n) is 11.4. The predicted octanol–water partition coefficient (Wildman–Crippen LogP) is 4.55. The Morgan fingerprint density at radius 1 is 1.13 bits per heavy atom. The molecule has 4 aliphatic rings. The van der Waals surface area contributed by atoms with Crippen LogP contribution in [0, 0.1) is 41.4 Å². The van der Waals surface area contributed by atoms with Crippen molar-refractivity contribution in [3.05, 3.63) is 35.4 Å². The van der Waals surface area contributed by atoms with Crippen LogP contribution in [0.2, 0.25) is 0 Å². The summed E-state index contributed by atoms with van der Waals surface area (Å²) in [4.78, 5) is 17.6. The summed E-state index contributed by atoms with van der Waals surface area (Å²) in [5.41, 5.74) is 2.53. The molecule has 0 atom stereocenters. The number of hydrogen-bond acceptors (Lipinski definition) is 4. The van der Waals surface area contributed by atoms with Crippen molar-refractivity contribution in [3.8, 4) is 6.07 Å². The average molecular weight is 403 g/mol. The summed E-state index contributed by atoms with van der Waals surface area (Å²) in [7, 11) is 0. The molecule has 1 amide bonds. The third kappa shape index (κ3) is 3.53. The van der Waals surface area contributed by atoms with Crippen LogP contribution < -0.4 is 10.6 Å². The molecule has 6 rings (SSSR count). The van der Waals surface area contributed by atoms with E-state index in [0.29, 0.717) is 30.4 Å². The highest BCUT2D eigenvalue weighted by Crippen LogP contribution is 2.60. The molecule has 0 unspecified atom stereocenters. The van der Waals surface area contributed by atoms with Gasteiger partial charge in [-0.15, -0.1) is 0 Å². The smallest absolute Gasteiger partial charge is 0.226 e. The van der Waals surface area contributed by atoms with Gasteiger partial charge in [0.05, 0.1) is 11.1 Å². The van der Waals surface area contributed by atoms with Crippen LogP contribution in [-0.4, -0.2) is 24.0 Å². The molecule has 2 aromatic rings. The van der Waals surface area contributed by atoms with Crippen molar-refractivity contribution in [2.75, 3.05) is 18.4 Å². The number of fused-ring (bicyclic) bond motifs is 1. The number of hydrogen-bond donors (Lipinski definition) is 2. The Bertz CT molecular complexity index is 986. The molecule has 4 bridgehead atoms. The normalized spacial score (nSPS) is 29.0. The van der Waals surface area contributed by atoms with E-state index in [1.807, 2.05) is 31.2 Å². The number of aromatic nitrogens is 1. The van der Waals surface area contributed by atoms with Gasteiger partial charge in [-0.1, -0.05) is 11.6 Å². The maximum Gasteiger partial charge on any atom is 0.226 e. The topological polar surface area (TPSA) is 77.8 Å². The SMILES string of the molecule is Cc1ccc2nc(NCCCNC(=O)C34CC5CC(CC(C5)C3)C4)c(C#N)cc2c1. The molecule has 1 aromatic heterocycles. The van der Waals surface area contributed by atoms with E-state index < -0.39 is 0 Å². The minimum Gasteiger partial charge on any atom is -0.369 e. The van der Waals surface area contributed by atoms with Crippen LogP contribution in [0.15, 0.2) is 24.3 Å². The molecular formula is C25H30N4O. The van der Waals surface area contributed by atoms with Gasteiger partial charge in [0.15, 0.2) is 0 Å². The first-order valence-corrected chi connectivity index (χ1v) is 11.4. The van der Waals surface area contributed by atoms with Gasteiger partial charge < -0.3 is 10.6 Å². The minimum absolute atomic E-state index is 0.0752. The fraction of sp³-hybridized carbons (Fsp3) is 0.560. The molecule has 156 valence electrons. The van der Waals surface area contributed by atoms with Crippen LogP contribution in [-0.2, 0) is 4.79 Å². The summed E-state index contributed by atoms with van der Waals surface area (Å²) in [5.74, 6) is 3.28. The summed E-state index contributed by atoms with van der Waals surface area (Å²) in [6.45, 7) is 3.39. The van der Waals surface area contributed by atoms with Crippen LogP contribution in [0.5, 0.6) is 0 Å². The molecule has 5 nitrogen and oxygen atoms in total. The van der Waals surface area contributed by atoms with Crippen molar-refractivity contribution >= 4 is 22.6 Å². The lowest BCUT2D eigenvalue weighted by Crippen LogP contribution is -2.53. The molecule has 30 heavy (non-hydrogen) atoms. The Morgan fingerprint density at radius 2 is 1.83 bits per heavy atom. The zero-order valence-corrected chi connectivity index (χ0v) is 17.7. The second kappa shape index (κ2) is 7.58. The van der Waals surface area contributed by atoms with Gasteiger partial charge in [0.1, 0.15) is 11.9 Å². The standard InChI is InChI=1S/C25H30N4O/c1-16-3-4-22-20(7-16)11-21(15-26)23(29-22)27-5-2-6-28-24(30)25-12-17-8-18(13-25)10-19(9-17)14-25/h3-4,7,11,17-19H,2,5-6,8-10,12-14H2,1H3,(H,27,29)(H,28,30). The largest absolute Gasteiger partial charge is 0.369 e. The number of aryl methyl sites for hydroxylation is 1. The van der Waals surface area contributed by atoms with Crippen LogP contribution in [0.25, 0.3) is 10.9 Å². The van der Waals surface area contributed by atoms with E-state index in [1.165, 1.54) is 19.3 Å². The zero-order chi connectivity index (χ0) is 20.7. The Morgan fingerprint density at radius 3 is 2.50 bits per heavy atom. The van der Waals surface area contributed by atoms with Gasteiger partial charge in [-0.2, -0.15) is 5.26 Å². The number of nitrogens with one attached hydrogen (secondary N) is 2. The fourth-order valence-electron chi connectivity index (χ4n) is 6.59. The molecule has 2 N–H and O–H groups in total. The molecule has 0 spiro atoms. The highest BCUT2D eigenvalue weighted by atomic mass is 16.2. The number of pyridine rings is 1. The number of carbonyl (C=O) groups excluding carboxylic acids is 1. The van der Waals surface area contributed by atoms with Crippen molar-refractivity contribution in [1.29, 1.82) is 5.26 Å². The van der Waals surface area contributed by atoms with E-state index in [1.54, 1.807) is 0 Å². The Kier molecular flexibility index (Phi) is 4.89. The van der Waals surface area contributed by atoms with Gasteiger partial charge in [-0.05, 0) is 87.8 Å². The van der Waals surface area contributed by atoms with Gasteiger partial charge in [0, 0.05) is 23.9 Å². The number of amides is 1. The van der Waals surface area contributed by atoms with E-state index in [4.69, 9.17) is 0 Å². The predicted molar refractivity (Wildman–Crippen MR) is 118 cm³/mol. The lowest BCUT2D eigenvalue weighted by Gasteiger charge is -2.55. The second-order valence-corrected chi connectivity index (χ2v) is 9.93. The number of nitrogens with zero attached hydrogens (tertiary/aromatic N) is 2. The third-order valence-electron chi connectivity index (χ3n) is 7.54. The quantitative estimate of drug-likeness (QED) is 0.695. The highest BCUT2D eigenvalue weighted by molar-refractivity contribution is 5.84. The molecule has 4 aliphatic carbocycles. The van der Waals surface area contributed by atoms with Crippen molar-refractivity contribution in [2.45, 2.75) is 51.9 Å².